The number of amides is 2. The third-order valence-corrected chi connectivity index (χ3v) is 4.80. The van der Waals surface area contributed by atoms with E-state index < -0.39 is 0 Å². The van der Waals surface area contributed by atoms with Crippen molar-refractivity contribution in [3.63, 3.8) is 0 Å². The van der Waals surface area contributed by atoms with Crippen molar-refractivity contribution in [2.45, 2.75) is 38.9 Å². The summed E-state index contributed by atoms with van der Waals surface area (Å²) in [7, 11) is 1.81. The number of aromatic nitrogens is 2. The zero-order chi connectivity index (χ0) is 18.3. The van der Waals surface area contributed by atoms with Crippen LogP contribution >= 0.6 is 0 Å². The number of carbonyl (C=O) groups excluding carboxylic acids is 2. The average molecular weight is 354 g/mol. The summed E-state index contributed by atoms with van der Waals surface area (Å²) in [6.45, 7) is 2.81. The molecule has 1 aromatic carbocycles. The van der Waals surface area contributed by atoms with Gasteiger partial charge in [0.1, 0.15) is 5.75 Å². The zero-order valence-corrected chi connectivity index (χ0v) is 15.0. The molecule has 136 valence electrons. The van der Waals surface area contributed by atoms with E-state index in [9.17, 15) is 9.59 Å². The van der Waals surface area contributed by atoms with Crippen LogP contribution in [0.15, 0.2) is 24.3 Å². The molecule has 2 aliphatic rings. The predicted molar refractivity (Wildman–Crippen MR) is 94.6 cm³/mol. The van der Waals surface area contributed by atoms with E-state index in [0.717, 1.165) is 29.7 Å². The first-order valence-corrected chi connectivity index (χ1v) is 8.84. The molecule has 7 heteroatoms. The molecule has 1 aliphatic carbocycles. The molecule has 2 amide bonds. The van der Waals surface area contributed by atoms with E-state index >= 15 is 0 Å². The summed E-state index contributed by atoms with van der Waals surface area (Å²) < 4.78 is 7.31. The number of carbonyl (C=O) groups is 2. The van der Waals surface area contributed by atoms with Crippen LogP contribution in [0.5, 0.6) is 5.75 Å². The van der Waals surface area contributed by atoms with Gasteiger partial charge >= 0.3 is 0 Å². The maximum Gasteiger partial charge on any atom is 0.272 e. The maximum atomic E-state index is 12.5. The number of nitrogens with zero attached hydrogens (tertiary/aromatic N) is 3. The summed E-state index contributed by atoms with van der Waals surface area (Å²) in [4.78, 5) is 26.6. The lowest BCUT2D eigenvalue weighted by Gasteiger charge is -2.17. The van der Waals surface area contributed by atoms with Crippen molar-refractivity contribution in [3.05, 3.63) is 46.8 Å². The Morgan fingerprint density at radius 2 is 2.12 bits per heavy atom. The van der Waals surface area contributed by atoms with E-state index in [2.05, 4.69) is 10.4 Å². The van der Waals surface area contributed by atoms with Gasteiger partial charge in [-0.05, 0) is 37.5 Å². The molecule has 7 nitrogen and oxygen atoms in total. The number of aryl methyl sites for hydroxylation is 2. The molecule has 2 heterocycles. The van der Waals surface area contributed by atoms with Crippen LogP contribution in [-0.4, -0.2) is 39.1 Å². The second-order valence-electron chi connectivity index (χ2n) is 7.00. The predicted octanol–water partition coefficient (Wildman–Crippen LogP) is 1.54. The minimum atomic E-state index is -0.144. The van der Waals surface area contributed by atoms with E-state index in [1.54, 1.807) is 9.58 Å². The molecule has 1 aromatic heterocycles. The quantitative estimate of drug-likeness (QED) is 0.884. The molecule has 0 saturated heterocycles. The van der Waals surface area contributed by atoms with Crippen LogP contribution in [-0.2, 0) is 24.9 Å². The Bertz CT molecular complexity index is 870. The van der Waals surface area contributed by atoms with Crippen molar-refractivity contribution in [2.24, 2.45) is 7.05 Å². The van der Waals surface area contributed by atoms with Gasteiger partial charge in [0.05, 0.1) is 18.8 Å². The zero-order valence-electron chi connectivity index (χ0n) is 15.0. The highest BCUT2D eigenvalue weighted by Crippen LogP contribution is 2.27. The number of rotatable bonds is 5. The summed E-state index contributed by atoms with van der Waals surface area (Å²) in [5, 5.41) is 7.31. The lowest BCUT2D eigenvalue weighted by atomic mass is 10.2. The van der Waals surface area contributed by atoms with Crippen LogP contribution in [0.25, 0.3) is 0 Å². The van der Waals surface area contributed by atoms with E-state index in [1.807, 2.05) is 38.2 Å². The molecule has 1 N–H and O–H groups in total. The summed E-state index contributed by atoms with van der Waals surface area (Å²) >= 11 is 0. The monoisotopic (exact) mass is 354 g/mol. The van der Waals surface area contributed by atoms with Gasteiger partial charge in [0, 0.05) is 18.7 Å². The second kappa shape index (κ2) is 6.48. The summed E-state index contributed by atoms with van der Waals surface area (Å²) in [5.74, 6) is 0.437. The largest absolute Gasteiger partial charge is 0.484 e. The topological polar surface area (TPSA) is 76.5 Å². The lowest BCUT2D eigenvalue weighted by molar-refractivity contribution is -0.134. The van der Waals surface area contributed by atoms with Crippen molar-refractivity contribution < 1.29 is 14.3 Å². The van der Waals surface area contributed by atoms with E-state index in [4.69, 9.17) is 4.74 Å². The highest BCUT2D eigenvalue weighted by molar-refractivity contribution is 5.94. The molecule has 0 spiro atoms. The van der Waals surface area contributed by atoms with Gasteiger partial charge in [-0.15, -0.1) is 0 Å². The second-order valence-corrected chi connectivity index (χ2v) is 7.00. The smallest absolute Gasteiger partial charge is 0.272 e. The fourth-order valence-electron chi connectivity index (χ4n) is 3.18. The first-order chi connectivity index (χ1) is 12.5. The van der Waals surface area contributed by atoms with Crippen LogP contribution in [0.2, 0.25) is 0 Å². The summed E-state index contributed by atoms with van der Waals surface area (Å²) in [6.07, 6.45) is 2.06. The van der Waals surface area contributed by atoms with E-state index in [-0.39, 0.29) is 24.5 Å². The molecule has 0 bridgehead atoms. The number of benzene rings is 1. The van der Waals surface area contributed by atoms with Crippen molar-refractivity contribution in [1.82, 2.24) is 20.0 Å². The number of nitrogens with one attached hydrogen (secondary N) is 1. The molecular formula is C19H22N4O3. The Hall–Kier alpha value is -2.83. The molecule has 4 rings (SSSR count). The van der Waals surface area contributed by atoms with Crippen LogP contribution in [0, 0.1) is 6.92 Å². The van der Waals surface area contributed by atoms with Gasteiger partial charge in [0.15, 0.2) is 12.3 Å². The molecule has 1 saturated carbocycles. The van der Waals surface area contributed by atoms with Crippen LogP contribution in [0.4, 0.5) is 0 Å². The Morgan fingerprint density at radius 1 is 1.31 bits per heavy atom. The Kier molecular flexibility index (Phi) is 4.14. The Morgan fingerprint density at radius 3 is 2.85 bits per heavy atom. The molecule has 1 aliphatic heterocycles. The summed E-state index contributed by atoms with van der Waals surface area (Å²) in [6, 6.07) is 7.89. The summed E-state index contributed by atoms with van der Waals surface area (Å²) in [5.41, 5.74) is 3.27. The molecule has 0 unspecified atom stereocenters. The standard InChI is InChI=1S/C19H22N4O3/c1-12-4-3-5-14(8-12)26-11-17(24)23-9-15-16(10-23)22(2)21-18(15)19(25)20-13-6-7-13/h3-5,8,13H,6-7,9-11H2,1-2H3,(H,20,25). The molecule has 1 fully saturated rings. The van der Waals surface area contributed by atoms with Gasteiger partial charge < -0.3 is 15.0 Å². The number of hydrogen-bond acceptors (Lipinski definition) is 4. The van der Waals surface area contributed by atoms with Crippen molar-refractivity contribution in [1.29, 1.82) is 0 Å². The fraction of sp³-hybridized carbons (Fsp3) is 0.421. The Labute approximate surface area is 151 Å². The van der Waals surface area contributed by atoms with Gasteiger partial charge in [-0.25, -0.2) is 0 Å². The molecule has 26 heavy (non-hydrogen) atoms. The SMILES string of the molecule is Cc1cccc(OCC(=O)N2Cc3c(C(=O)NC4CC4)nn(C)c3C2)c1. The fourth-order valence-corrected chi connectivity index (χ4v) is 3.18. The number of hydrogen-bond donors (Lipinski definition) is 1. The van der Waals surface area contributed by atoms with Crippen LogP contribution < -0.4 is 10.1 Å². The lowest BCUT2D eigenvalue weighted by Crippen LogP contribution is -2.32. The van der Waals surface area contributed by atoms with Gasteiger partial charge in [-0.1, -0.05) is 12.1 Å². The van der Waals surface area contributed by atoms with E-state index in [0.29, 0.717) is 24.5 Å². The maximum absolute atomic E-state index is 12.5. The van der Waals surface area contributed by atoms with E-state index in [1.165, 1.54) is 0 Å². The van der Waals surface area contributed by atoms with Gasteiger partial charge in [-0.3, -0.25) is 14.3 Å². The Balaban J connectivity index is 1.41. The number of fused-ring (bicyclic) bond motifs is 1. The molecule has 2 aromatic rings. The minimum Gasteiger partial charge on any atom is -0.484 e. The highest BCUT2D eigenvalue weighted by Gasteiger charge is 2.33. The first kappa shape index (κ1) is 16.6. The van der Waals surface area contributed by atoms with Crippen molar-refractivity contribution in [3.8, 4) is 5.75 Å². The van der Waals surface area contributed by atoms with Gasteiger partial charge in [0.25, 0.3) is 11.8 Å². The van der Waals surface area contributed by atoms with Gasteiger partial charge in [-0.2, -0.15) is 5.10 Å². The van der Waals surface area contributed by atoms with Gasteiger partial charge in [0.2, 0.25) is 0 Å². The third kappa shape index (κ3) is 3.29. The third-order valence-electron chi connectivity index (χ3n) is 4.80. The molecule has 0 atom stereocenters. The minimum absolute atomic E-state index is 0.0194. The van der Waals surface area contributed by atoms with Crippen molar-refractivity contribution >= 4 is 11.8 Å². The normalized spacial score (nSPS) is 15.7. The van der Waals surface area contributed by atoms with Crippen LogP contribution in [0.1, 0.15) is 40.2 Å². The van der Waals surface area contributed by atoms with Crippen LogP contribution in [0.3, 0.4) is 0 Å². The first-order valence-electron chi connectivity index (χ1n) is 8.84. The molecule has 0 radical (unpaired) electrons. The molecular weight excluding hydrogens is 332 g/mol. The number of ether oxygens (including phenoxy) is 1. The van der Waals surface area contributed by atoms with Crippen molar-refractivity contribution in [2.75, 3.05) is 6.61 Å². The average Bonchev–Trinajstić information content (AvgIpc) is 3.22. The highest BCUT2D eigenvalue weighted by atomic mass is 16.5.